The quantitative estimate of drug-likeness (QED) is 0.360. The van der Waals surface area contributed by atoms with E-state index in [1.165, 1.54) is 18.7 Å². The van der Waals surface area contributed by atoms with Crippen LogP contribution in [-0.4, -0.2) is 99.1 Å². The summed E-state index contributed by atoms with van der Waals surface area (Å²) in [4.78, 5) is 14.9. The third-order valence-corrected chi connectivity index (χ3v) is 6.51. The number of rotatable bonds is 7. The molecule has 0 aliphatic carbocycles. The molecular weight excluding hydrogens is 408 g/mol. The van der Waals surface area contributed by atoms with E-state index in [1.807, 2.05) is 11.9 Å². The predicted octanol–water partition coefficient (Wildman–Crippen LogP) is -0.435. The molecule has 2 saturated heterocycles. The summed E-state index contributed by atoms with van der Waals surface area (Å²) in [6.07, 6.45) is -1.50. The van der Waals surface area contributed by atoms with E-state index >= 15 is 0 Å². The van der Waals surface area contributed by atoms with E-state index in [-0.39, 0.29) is 24.4 Å². The van der Waals surface area contributed by atoms with Gasteiger partial charge in [0, 0.05) is 6.54 Å². The molecule has 8 nitrogen and oxygen atoms in total. The molecule has 2 aliphatic heterocycles. The lowest BCUT2D eigenvalue weighted by Gasteiger charge is -2.44. The summed E-state index contributed by atoms with van der Waals surface area (Å²) in [5.41, 5.74) is -0.755. The standard InChI is InChI=1S/C18H34N2O6S.ClH/c1-5-6-10-7-11(20(3)8-10)17(25)19-12(9(2)21)16-14(23)13(22)15(24)18(26-16)27-4;/h9-16,18,21-24H,5-8H2,1-4H3,(H,19,25);1H/t9-,10+,11+,12-,13?,14?,15?,16?,18?;/m1./s1. The van der Waals surface area contributed by atoms with Gasteiger partial charge in [-0.2, -0.15) is 0 Å². The molecular formula is C18H35ClN2O6S. The summed E-state index contributed by atoms with van der Waals surface area (Å²) in [7, 11) is 1.91. The van der Waals surface area contributed by atoms with Crippen LogP contribution < -0.4 is 5.32 Å². The van der Waals surface area contributed by atoms with Crippen LogP contribution in [0.3, 0.4) is 0 Å². The molecule has 0 aromatic carbocycles. The Labute approximate surface area is 177 Å². The Kier molecular flexibility index (Phi) is 10.5. The largest absolute Gasteiger partial charge is 0.391 e. The Bertz CT molecular complexity index is 501. The first-order chi connectivity index (χ1) is 12.7. The number of amides is 1. The van der Waals surface area contributed by atoms with Gasteiger partial charge in [-0.25, -0.2) is 0 Å². The van der Waals surface area contributed by atoms with Crippen molar-refractivity contribution >= 4 is 30.1 Å². The molecule has 0 radical (unpaired) electrons. The lowest BCUT2D eigenvalue weighted by atomic mass is 9.92. The predicted molar refractivity (Wildman–Crippen MR) is 110 cm³/mol. The topological polar surface area (TPSA) is 122 Å². The van der Waals surface area contributed by atoms with Crippen LogP contribution >= 0.6 is 24.2 Å². The molecule has 5 N–H and O–H groups in total. The molecule has 5 unspecified atom stereocenters. The number of ether oxygens (including phenoxy) is 1. The van der Waals surface area contributed by atoms with Crippen LogP contribution in [0.5, 0.6) is 0 Å². The van der Waals surface area contributed by atoms with Crippen molar-refractivity contribution in [3.8, 4) is 0 Å². The van der Waals surface area contributed by atoms with E-state index in [2.05, 4.69) is 12.2 Å². The Morgan fingerprint density at radius 3 is 2.46 bits per heavy atom. The second-order valence-corrected chi connectivity index (χ2v) is 8.73. The number of likely N-dealkylation sites (N-methyl/N-ethyl adjacent to an activating group) is 1. The Morgan fingerprint density at radius 1 is 1.29 bits per heavy atom. The van der Waals surface area contributed by atoms with E-state index in [4.69, 9.17) is 4.74 Å². The van der Waals surface area contributed by atoms with Crippen molar-refractivity contribution in [2.45, 2.75) is 81.1 Å². The number of aliphatic hydroxyl groups excluding tert-OH is 4. The number of likely N-dealkylation sites (tertiary alicyclic amines) is 1. The second kappa shape index (κ2) is 11.3. The van der Waals surface area contributed by atoms with Gasteiger partial charge < -0.3 is 30.5 Å². The highest BCUT2D eigenvalue weighted by molar-refractivity contribution is 7.99. The highest BCUT2D eigenvalue weighted by Gasteiger charge is 2.48. The number of aliphatic hydroxyl groups is 4. The van der Waals surface area contributed by atoms with Gasteiger partial charge >= 0.3 is 0 Å². The number of carbonyl (C=O) groups excluding carboxylic acids is 1. The molecule has 0 aromatic heterocycles. The molecule has 0 aromatic rings. The minimum atomic E-state index is -1.42. The molecule has 0 bridgehead atoms. The number of hydrogen-bond acceptors (Lipinski definition) is 8. The summed E-state index contributed by atoms with van der Waals surface area (Å²) in [5, 5.41) is 43.5. The van der Waals surface area contributed by atoms with E-state index < -0.39 is 42.0 Å². The molecule has 28 heavy (non-hydrogen) atoms. The first-order valence-corrected chi connectivity index (χ1v) is 10.9. The van der Waals surface area contributed by atoms with Crippen molar-refractivity contribution < 1.29 is 30.0 Å². The Morgan fingerprint density at radius 2 is 1.93 bits per heavy atom. The van der Waals surface area contributed by atoms with Crippen LogP contribution in [0.4, 0.5) is 0 Å². The van der Waals surface area contributed by atoms with Gasteiger partial charge in [0.15, 0.2) is 0 Å². The number of nitrogens with zero attached hydrogens (tertiary/aromatic N) is 1. The summed E-state index contributed by atoms with van der Waals surface area (Å²) in [6.45, 7) is 4.48. The molecule has 166 valence electrons. The normalized spacial score (nSPS) is 38.5. The maximum absolute atomic E-state index is 12.8. The Hall–Kier alpha value is -0.130. The molecule has 0 saturated carbocycles. The van der Waals surface area contributed by atoms with Gasteiger partial charge in [0.2, 0.25) is 5.91 Å². The lowest BCUT2D eigenvalue weighted by Crippen LogP contribution is -2.65. The smallest absolute Gasteiger partial charge is 0.237 e. The van der Waals surface area contributed by atoms with E-state index in [0.29, 0.717) is 5.92 Å². The van der Waals surface area contributed by atoms with Gasteiger partial charge in [-0.05, 0) is 39.0 Å². The summed E-state index contributed by atoms with van der Waals surface area (Å²) < 4.78 is 5.72. The van der Waals surface area contributed by atoms with Gasteiger partial charge in [-0.1, -0.05) is 13.3 Å². The summed E-state index contributed by atoms with van der Waals surface area (Å²) in [6, 6.07) is -1.20. The molecule has 9 atom stereocenters. The van der Waals surface area contributed by atoms with E-state index in [9.17, 15) is 25.2 Å². The second-order valence-electron chi connectivity index (χ2n) is 7.80. The molecule has 2 rings (SSSR count). The van der Waals surface area contributed by atoms with Gasteiger partial charge in [-0.15, -0.1) is 24.2 Å². The zero-order valence-corrected chi connectivity index (χ0v) is 18.5. The van der Waals surface area contributed by atoms with E-state index in [1.54, 1.807) is 6.26 Å². The van der Waals surface area contributed by atoms with Crippen molar-refractivity contribution in [3.05, 3.63) is 0 Å². The van der Waals surface area contributed by atoms with Crippen LogP contribution in [0.1, 0.15) is 33.1 Å². The fourth-order valence-electron chi connectivity index (χ4n) is 4.13. The first-order valence-electron chi connectivity index (χ1n) is 9.62. The SMILES string of the molecule is CCC[C@H]1C[C@@H](C(=O)N[C@@H](C2OC(SC)C(O)C(O)C2O)[C@@H](C)O)N(C)C1.Cl. The molecule has 2 heterocycles. The molecule has 10 heteroatoms. The van der Waals surface area contributed by atoms with Crippen LogP contribution in [-0.2, 0) is 9.53 Å². The number of halogens is 1. The van der Waals surface area contributed by atoms with Gasteiger partial charge in [0.25, 0.3) is 0 Å². The fraction of sp³-hybridized carbons (Fsp3) is 0.944. The molecule has 0 spiro atoms. The Balaban J connectivity index is 0.00000392. The zero-order valence-electron chi connectivity index (χ0n) is 16.9. The van der Waals surface area contributed by atoms with Crippen LogP contribution in [0, 0.1) is 5.92 Å². The van der Waals surface area contributed by atoms with E-state index in [0.717, 1.165) is 25.8 Å². The number of nitrogens with one attached hydrogen (secondary N) is 1. The zero-order chi connectivity index (χ0) is 20.3. The van der Waals surface area contributed by atoms with Crippen LogP contribution in [0.2, 0.25) is 0 Å². The van der Waals surface area contributed by atoms with Gasteiger partial charge in [0.1, 0.15) is 29.9 Å². The molecule has 1 amide bonds. The molecule has 2 fully saturated rings. The highest BCUT2D eigenvalue weighted by atomic mass is 35.5. The van der Waals surface area contributed by atoms with Crippen molar-refractivity contribution in [1.82, 2.24) is 10.2 Å². The minimum Gasteiger partial charge on any atom is -0.391 e. The maximum Gasteiger partial charge on any atom is 0.237 e. The average Bonchev–Trinajstić information content (AvgIpc) is 2.99. The first kappa shape index (κ1) is 25.9. The lowest BCUT2D eigenvalue weighted by molar-refractivity contribution is -0.211. The fourth-order valence-corrected chi connectivity index (χ4v) is 4.81. The summed E-state index contributed by atoms with van der Waals surface area (Å²) in [5.74, 6) is 0.245. The van der Waals surface area contributed by atoms with Crippen LogP contribution in [0.25, 0.3) is 0 Å². The summed E-state index contributed by atoms with van der Waals surface area (Å²) >= 11 is 1.20. The number of carbonyl (C=O) groups is 1. The van der Waals surface area contributed by atoms with Gasteiger partial charge in [0.05, 0.1) is 18.2 Å². The third kappa shape index (κ3) is 5.72. The highest BCUT2D eigenvalue weighted by Crippen LogP contribution is 2.30. The minimum absolute atomic E-state index is 0. The van der Waals surface area contributed by atoms with Crippen molar-refractivity contribution in [1.29, 1.82) is 0 Å². The van der Waals surface area contributed by atoms with Crippen LogP contribution in [0.15, 0.2) is 0 Å². The number of hydrogen-bond donors (Lipinski definition) is 5. The maximum atomic E-state index is 12.8. The number of thioether (sulfide) groups is 1. The van der Waals surface area contributed by atoms with Crippen molar-refractivity contribution in [2.75, 3.05) is 19.8 Å². The van der Waals surface area contributed by atoms with Crippen molar-refractivity contribution in [2.24, 2.45) is 5.92 Å². The molecule has 2 aliphatic rings. The average molecular weight is 443 g/mol. The van der Waals surface area contributed by atoms with Gasteiger partial charge in [-0.3, -0.25) is 9.69 Å². The van der Waals surface area contributed by atoms with Crippen molar-refractivity contribution in [3.63, 3.8) is 0 Å². The monoisotopic (exact) mass is 442 g/mol. The third-order valence-electron chi connectivity index (χ3n) is 5.66.